The fraction of sp³-hybridized carbons (Fsp3) is 0.385. The van der Waals surface area contributed by atoms with E-state index in [-0.39, 0.29) is 5.69 Å². The molecule has 0 bridgehead atoms. The van der Waals surface area contributed by atoms with Crippen LogP contribution in [0.15, 0.2) is 18.2 Å². The van der Waals surface area contributed by atoms with Gasteiger partial charge in [0, 0.05) is 19.2 Å². The minimum absolute atomic E-state index is 0.0327. The topological polar surface area (TPSA) is 90.1 Å². The van der Waals surface area contributed by atoms with Gasteiger partial charge in [0.2, 0.25) is 0 Å². The fourth-order valence-electron chi connectivity index (χ4n) is 1.91. The van der Waals surface area contributed by atoms with E-state index in [4.69, 9.17) is 9.84 Å². The summed E-state index contributed by atoms with van der Waals surface area (Å²) in [6.45, 7) is 2.70. The van der Waals surface area contributed by atoms with Gasteiger partial charge in [-0.15, -0.1) is 5.10 Å². The lowest BCUT2D eigenvalue weighted by atomic mass is 10.2. The van der Waals surface area contributed by atoms with Crippen molar-refractivity contribution in [1.82, 2.24) is 20.0 Å². The fourth-order valence-corrected chi connectivity index (χ4v) is 1.91. The number of aromatic carboxylic acids is 1. The second kappa shape index (κ2) is 6.25. The molecule has 0 spiro atoms. The smallest absolute Gasteiger partial charge is 0.358 e. The Kier molecular flexibility index (Phi) is 4.41. The molecule has 0 aliphatic rings. The number of pyridine rings is 1. The van der Waals surface area contributed by atoms with Crippen LogP contribution in [-0.4, -0.2) is 44.8 Å². The number of carboxylic acids is 1. The van der Waals surface area contributed by atoms with Gasteiger partial charge in [-0.2, -0.15) is 0 Å². The third-order valence-electron chi connectivity index (χ3n) is 2.84. The molecule has 2 aromatic heterocycles. The summed E-state index contributed by atoms with van der Waals surface area (Å²) in [7, 11) is 1.57. The van der Waals surface area contributed by atoms with Crippen molar-refractivity contribution < 1.29 is 14.6 Å². The monoisotopic (exact) mass is 276 g/mol. The first-order chi connectivity index (χ1) is 9.61. The molecular weight excluding hydrogens is 260 g/mol. The molecule has 106 valence electrons. The van der Waals surface area contributed by atoms with Crippen molar-refractivity contribution in [2.24, 2.45) is 0 Å². The molecule has 2 heterocycles. The number of aromatic nitrogens is 4. The summed E-state index contributed by atoms with van der Waals surface area (Å²) in [6, 6.07) is 5.68. The molecule has 0 radical (unpaired) electrons. The zero-order chi connectivity index (χ0) is 14.5. The number of nitrogens with zero attached hydrogens (tertiary/aromatic N) is 4. The van der Waals surface area contributed by atoms with E-state index < -0.39 is 5.97 Å². The average Bonchev–Trinajstić information content (AvgIpc) is 2.79. The Labute approximate surface area is 116 Å². The van der Waals surface area contributed by atoms with E-state index in [0.29, 0.717) is 25.3 Å². The molecule has 7 nitrogen and oxygen atoms in total. The molecule has 0 unspecified atom stereocenters. The van der Waals surface area contributed by atoms with E-state index in [1.54, 1.807) is 11.8 Å². The predicted octanol–water partition coefficient (Wildman–Crippen LogP) is 0.917. The van der Waals surface area contributed by atoms with Crippen LogP contribution in [0, 0.1) is 6.92 Å². The number of methoxy groups -OCH3 is 1. The molecule has 0 fully saturated rings. The zero-order valence-corrected chi connectivity index (χ0v) is 11.4. The first-order valence-corrected chi connectivity index (χ1v) is 6.19. The minimum Gasteiger partial charge on any atom is -0.476 e. The van der Waals surface area contributed by atoms with Gasteiger partial charge in [-0.1, -0.05) is 11.3 Å². The van der Waals surface area contributed by atoms with Gasteiger partial charge in [-0.3, -0.25) is 4.98 Å². The Balaban J connectivity index is 2.28. The van der Waals surface area contributed by atoms with Crippen LogP contribution in [0.4, 0.5) is 0 Å². The molecule has 1 N–H and O–H groups in total. The molecule has 0 amide bonds. The molecule has 2 aromatic rings. The number of aryl methyl sites for hydroxylation is 1. The molecule has 0 aliphatic heterocycles. The molecule has 7 heteroatoms. The number of hydrogen-bond donors (Lipinski definition) is 1. The first kappa shape index (κ1) is 14.1. The summed E-state index contributed by atoms with van der Waals surface area (Å²) in [4.78, 5) is 15.5. The third kappa shape index (κ3) is 3.18. The quantitative estimate of drug-likeness (QED) is 0.843. The Morgan fingerprint density at radius 3 is 2.90 bits per heavy atom. The van der Waals surface area contributed by atoms with Gasteiger partial charge in [0.05, 0.1) is 24.5 Å². The highest BCUT2D eigenvalue weighted by Crippen LogP contribution is 2.09. The largest absolute Gasteiger partial charge is 0.476 e. The van der Waals surface area contributed by atoms with Gasteiger partial charge in [-0.05, 0) is 19.1 Å². The number of hydrogen-bond acceptors (Lipinski definition) is 5. The summed E-state index contributed by atoms with van der Waals surface area (Å²) in [5.74, 6) is -1.08. The number of carbonyl (C=O) groups is 1. The summed E-state index contributed by atoms with van der Waals surface area (Å²) < 4.78 is 6.56. The summed E-state index contributed by atoms with van der Waals surface area (Å²) in [5.41, 5.74) is 2.22. The van der Waals surface area contributed by atoms with Gasteiger partial charge in [0.25, 0.3) is 0 Å². The lowest BCUT2D eigenvalue weighted by Gasteiger charge is -2.07. The van der Waals surface area contributed by atoms with Crippen molar-refractivity contribution in [1.29, 1.82) is 0 Å². The third-order valence-corrected chi connectivity index (χ3v) is 2.84. The molecule has 0 atom stereocenters. The van der Waals surface area contributed by atoms with Crippen LogP contribution in [0.1, 0.15) is 27.6 Å². The van der Waals surface area contributed by atoms with Crippen molar-refractivity contribution in [2.75, 3.05) is 13.7 Å². The Hall–Kier alpha value is -2.28. The second-order valence-corrected chi connectivity index (χ2v) is 4.36. The average molecular weight is 276 g/mol. The van der Waals surface area contributed by atoms with Crippen LogP contribution < -0.4 is 0 Å². The highest BCUT2D eigenvalue weighted by Gasteiger charge is 2.18. The van der Waals surface area contributed by atoms with Crippen LogP contribution in [0.25, 0.3) is 0 Å². The van der Waals surface area contributed by atoms with Crippen molar-refractivity contribution >= 4 is 5.97 Å². The Morgan fingerprint density at radius 1 is 1.45 bits per heavy atom. The standard InChI is InChI=1S/C13H16N4O3/c1-9-4-3-5-10(14-9)8-17-11(6-7-20-2)12(13(18)19)15-16-17/h3-5H,6-8H2,1-2H3,(H,18,19). The predicted molar refractivity (Wildman–Crippen MR) is 70.6 cm³/mol. The van der Waals surface area contributed by atoms with Crippen molar-refractivity contribution in [3.05, 3.63) is 41.0 Å². The first-order valence-electron chi connectivity index (χ1n) is 6.19. The minimum atomic E-state index is -1.08. The lowest BCUT2D eigenvalue weighted by molar-refractivity contribution is 0.0688. The summed E-state index contributed by atoms with van der Waals surface area (Å²) in [5, 5.41) is 16.7. The van der Waals surface area contributed by atoms with Crippen LogP contribution in [0.5, 0.6) is 0 Å². The van der Waals surface area contributed by atoms with Gasteiger partial charge in [0.1, 0.15) is 0 Å². The number of ether oxygens (including phenoxy) is 1. The molecule has 20 heavy (non-hydrogen) atoms. The Bertz CT molecular complexity index is 609. The maximum Gasteiger partial charge on any atom is 0.358 e. The molecular formula is C13H16N4O3. The van der Waals surface area contributed by atoms with E-state index in [1.807, 2.05) is 25.1 Å². The number of carboxylic acid groups (broad SMARTS) is 1. The van der Waals surface area contributed by atoms with Crippen LogP contribution >= 0.6 is 0 Å². The summed E-state index contributed by atoms with van der Waals surface area (Å²) >= 11 is 0. The van der Waals surface area contributed by atoms with Crippen LogP contribution in [-0.2, 0) is 17.7 Å². The zero-order valence-electron chi connectivity index (χ0n) is 11.4. The normalized spacial score (nSPS) is 10.7. The molecule has 0 aliphatic carbocycles. The lowest BCUT2D eigenvalue weighted by Crippen LogP contribution is -2.12. The van der Waals surface area contributed by atoms with Gasteiger partial charge in [0.15, 0.2) is 5.69 Å². The highest BCUT2D eigenvalue weighted by molar-refractivity contribution is 5.86. The van der Waals surface area contributed by atoms with Crippen molar-refractivity contribution in [2.45, 2.75) is 19.9 Å². The highest BCUT2D eigenvalue weighted by atomic mass is 16.5. The van der Waals surface area contributed by atoms with Gasteiger partial charge >= 0.3 is 5.97 Å². The Morgan fingerprint density at radius 2 is 2.25 bits per heavy atom. The van der Waals surface area contributed by atoms with E-state index >= 15 is 0 Å². The maximum atomic E-state index is 11.1. The van der Waals surface area contributed by atoms with Gasteiger partial charge < -0.3 is 9.84 Å². The SMILES string of the molecule is COCCc1c(C(=O)O)nnn1Cc1cccc(C)n1. The van der Waals surface area contributed by atoms with E-state index in [0.717, 1.165) is 11.4 Å². The maximum absolute atomic E-state index is 11.1. The summed E-state index contributed by atoms with van der Waals surface area (Å²) in [6.07, 6.45) is 0.441. The van der Waals surface area contributed by atoms with E-state index in [1.165, 1.54) is 0 Å². The van der Waals surface area contributed by atoms with E-state index in [9.17, 15) is 4.79 Å². The molecule has 0 saturated carbocycles. The van der Waals surface area contributed by atoms with Crippen LogP contribution in [0.3, 0.4) is 0 Å². The molecule has 0 aromatic carbocycles. The second-order valence-electron chi connectivity index (χ2n) is 4.36. The van der Waals surface area contributed by atoms with Crippen molar-refractivity contribution in [3.8, 4) is 0 Å². The molecule has 0 saturated heterocycles. The van der Waals surface area contributed by atoms with Crippen LogP contribution in [0.2, 0.25) is 0 Å². The molecule has 2 rings (SSSR count). The van der Waals surface area contributed by atoms with Gasteiger partial charge in [-0.25, -0.2) is 9.48 Å². The van der Waals surface area contributed by atoms with Crippen molar-refractivity contribution in [3.63, 3.8) is 0 Å². The number of rotatable bonds is 6. The van der Waals surface area contributed by atoms with E-state index in [2.05, 4.69) is 15.3 Å².